The zero-order chi connectivity index (χ0) is 19.6. The summed E-state index contributed by atoms with van der Waals surface area (Å²) in [6.07, 6.45) is 2.50. The first-order chi connectivity index (χ1) is 12.3. The minimum atomic E-state index is -3.51. The third kappa shape index (κ3) is 7.01. The molecule has 0 atom stereocenters. The highest BCUT2D eigenvalue weighted by Crippen LogP contribution is 2.17. The average molecular weight is 385 g/mol. The second-order valence-corrected chi connectivity index (χ2v) is 7.91. The Labute approximate surface area is 155 Å². The molecule has 0 bridgehead atoms. The molecule has 26 heavy (non-hydrogen) atoms. The van der Waals surface area contributed by atoms with Gasteiger partial charge in [-0.05, 0) is 37.1 Å². The fourth-order valence-electron chi connectivity index (χ4n) is 2.06. The highest BCUT2D eigenvalue weighted by atomic mass is 32.2. The minimum absolute atomic E-state index is 0.0952. The van der Waals surface area contributed by atoms with Gasteiger partial charge in [-0.1, -0.05) is 20.3 Å². The smallest absolute Gasteiger partial charge is 0.321 e. The van der Waals surface area contributed by atoms with Crippen molar-refractivity contribution >= 4 is 27.6 Å². The second-order valence-electron chi connectivity index (χ2n) is 5.86. The predicted molar refractivity (Wildman–Crippen MR) is 101 cm³/mol. The topological polar surface area (TPSA) is 108 Å². The molecule has 1 aromatic carbocycles. The number of carbonyl (C=O) groups excluding carboxylic acids is 2. The first-order valence-electron chi connectivity index (χ1n) is 8.69. The summed E-state index contributed by atoms with van der Waals surface area (Å²) in [5.41, 5.74) is 0.587. The van der Waals surface area contributed by atoms with E-state index < -0.39 is 22.0 Å². The molecular formula is C17H28N4O4S. The number of anilines is 1. The van der Waals surface area contributed by atoms with Crippen LogP contribution in [0.5, 0.6) is 0 Å². The van der Waals surface area contributed by atoms with E-state index in [2.05, 4.69) is 16.0 Å². The Balaban J connectivity index is 2.57. The summed E-state index contributed by atoms with van der Waals surface area (Å²) in [4.78, 5) is 23.2. The lowest BCUT2D eigenvalue weighted by atomic mass is 10.3. The normalized spacial score (nSPS) is 11.2. The molecule has 8 nitrogen and oxygen atoms in total. The maximum Gasteiger partial charge on any atom is 0.321 e. The Morgan fingerprint density at radius 3 is 2.31 bits per heavy atom. The van der Waals surface area contributed by atoms with Crippen LogP contribution in [-0.4, -0.2) is 51.3 Å². The number of carbonyl (C=O) groups is 2. The van der Waals surface area contributed by atoms with Gasteiger partial charge in [0, 0.05) is 25.8 Å². The summed E-state index contributed by atoms with van der Waals surface area (Å²) in [7, 11) is -1.95. The summed E-state index contributed by atoms with van der Waals surface area (Å²) in [5.74, 6) is -0.477. The van der Waals surface area contributed by atoms with Crippen molar-refractivity contribution in [2.45, 2.75) is 38.0 Å². The van der Waals surface area contributed by atoms with Crippen LogP contribution in [0.4, 0.5) is 10.5 Å². The van der Waals surface area contributed by atoms with Crippen LogP contribution < -0.4 is 16.0 Å². The fraction of sp³-hybridized carbons (Fsp3) is 0.529. The first kappa shape index (κ1) is 21.9. The van der Waals surface area contributed by atoms with Gasteiger partial charge in [0.25, 0.3) is 0 Å². The quantitative estimate of drug-likeness (QED) is 0.570. The Morgan fingerprint density at radius 1 is 1.08 bits per heavy atom. The van der Waals surface area contributed by atoms with E-state index in [1.165, 1.54) is 16.4 Å². The van der Waals surface area contributed by atoms with Crippen LogP contribution in [0, 0.1) is 0 Å². The number of nitrogens with zero attached hydrogens (tertiary/aromatic N) is 1. The van der Waals surface area contributed by atoms with Gasteiger partial charge >= 0.3 is 6.03 Å². The van der Waals surface area contributed by atoms with Crippen LogP contribution in [-0.2, 0) is 14.8 Å². The number of benzene rings is 1. The summed E-state index contributed by atoms with van der Waals surface area (Å²) in [5, 5.41) is 7.59. The Morgan fingerprint density at radius 2 is 1.73 bits per heavy atom. The van der Waals surface area contributed by atoms with Crippen molar-refractivity contribution in [2.75, 3.05) is 32.0 Å². The van der Waals surface area contributed by atoms with Crippen molar-refractivity contribution in [3.05, 3.63) is 24.3 Å². The van der Waals surface area contributed by atoms with Gasteiger partial charge in [-0.15, -0.1) is 0 Å². The van der Waals surface area contributed by atoms with Crippen molar-refractivity contribution in [3.8, 4) is 0 Å². The molecule has 146 valence electrons. The lowest BCUT2D eigenvalue weighted by molar-refractivity contribution is -0.118. The molecule has 3 N–H and O–H groups in total. The van der Waals surface area contributed by atoms with E-state index in [1.807, 2.05) is 13.8 Å². The van der Waals surface area contributed by atoms with Crippen molar-refractivity contribution in [1.29, 1.82) is 0 Å². The Bertz CT molecular complexity index is 689. The van der Waals surface area contributed by atoms with Gasteiger partial charge in [0.05, 0.1) is 11.4 Å². The third-order valence-electron chi connectivity index (χ3n) is 3.63. The fourth-order valence-corrected chi connectivity index (χ4v) is 3.27. The molecule has 0 saturated carbocycles. The molecule has 9 heteroatoms. The van der Waals surface area contributed by atoms with E-state index in [-0.39, 0.29) is 11.4 Å². The van der Waals surface area contributed by atoms with E-state index in [9.17, 15) is 18.0 Å². The molecule has 0 heterocycles. The first-order valence-corrected chi connectivity index (χ1v) is 10.1. The van der Waals surface area contributed by atoms with E-state index >= 15 is 0 Å². The van der Waals surface area contributed by atoms with Gasteiger partial charge in [-0.25, -0.2) is 17.5 Å². The molecule has 0 saturated heterocycles. The molecule has 0 radical (unpaired) electrons. The zero-order valence-corrected chi connectivity index (χ0v) is 16.4. The van der Waals surface area contributed by atoms with Crippen LogP contribution >= 0.6 is 0 Å². The molecule has 0 spiro atoms. The van der Waals surface area contributed by atoms with E-state index in [0.29, 0.717) is 18.8 Å². The summed E-state index contributed by atoms with van der Waals surface area (Å²) in [6, 6.07) is 5.63. The van der Waals surface area contributed by atoms with Crippen LogP contribution in [0.1, 0.15) is 33.1 Å². The average Bonchev–Trinajstić information content (AvgIpc) is 2.62. The zero-order valence-electron chi connectivity index (χ0n) is 15.5. The van der Waals surface area contributed by atoms with Crippen LogP contribution in [0.3, 0.4) is 0 Å². The molecular weight excluding hydrogens is 356 g/mol. The highest BCUT2D eigenvalue weighted by Gasteiger charge is 2.19. The molecule has 0 fully saturated rings. The number of nitrogens with one attached hydrogen (secondary N) is 3. The van der Waals surface area contributed by atoms with Crippen molar-refractivity contribution in [3.63, 3.8) is 0 Å². The SMILES string of the molecule is CCCCN(C)S(=O)(=O)c1ccc(NCC(=O)NC(=O)NCCC)cc1. The number of hydrogen-bond donors (Lipinski definition) is 3. The molecule has 3 amide bonds. The number of rotatable bonds is 10. The molecule has 0 aromatic heterocycles. The minimum Gasteiger partial charge on any atom is -0.376 e. The predicted octanol–water partition coefficient (Wildman–Crippen LogP) is 1.75. The van der Waals surface area contributed by atoms with Crippen LogP contribution in [0.25, 0.3) is 0 Å². The van der Waals surface area contributed by atoms with E-state index in [1.54, 1.807) is 19.2 Å². The van der Waals surface area contributed by atoms with Gasteiger partial charge in [0.2, 0.25) is 15.9 Å². The molecule has 1 aromatic rings. The molecule has 0 unspecified atom stereocenters. The van der Waals surface area contributed by atoms with Gasteiger partial charge in [0.15, 0.2) is 0 Å². The number of imide groups is 1. The largest absolute Gasteiger partial charge is 0.376 e. The number of urea groups is 1. The molecule has 0 aliphatic carbocycles. The highest BCUT2D eigenvalue weighted by molar-refractivity contribution is 7.89. The number of sulfonamides is 1. The monoisotopic (exact) mass is 384 g/mol. The molecule has 0 aliphatic rings. The van der Waals surface area contributed by atoms with Gasteiger partial charge in [-0.2, -0.15) is 0 Å². The Hall–Kier alpha value is -2.13. The third-order valence-corrected chi connectivity index (χ3v) is 5.50. The van der Waals surface area contributed by atoms with Gasteiger partial charge < -0.3 is 10.6 Å². The summed E-state index contributed by atoms with van der Waals surface area (Å²) < 4.78 is 26.2. The maximum absolute atomic E-state index is 12.4. The van der Waals surface area contributed by atoms with Gasteiger partial charge in [0.1, 0.15) is 0 Å². The standard InChI is InChI=1S/C17H28N4O4S/c1-4-6-12-21(3)26(24,25)15-9-7-14(8-10-15)19-13-16(22)20-17(23)18-11-5-2/h7-10,19H,4-6,11-13H2,1-3H3,(H2,18,20,22,23). The van der Waals surface area contributed by atoms with E-state index in [0.717, 1.165) is 19.3 Å². The molecule has 0 aliphatic heterocycles. The van der Waals surface area contributed by atoms with E-state index in [4.69, 9.17) is 0 Å². The van der Waals surface area contributed by atoms with Crippen molar-refractivity contribution in [2.24, 2.45) is 0 Å². The van der Waals surface area contributed by atoms with Gasteiger partial charge in [-0.3, -0.25) is 10.1 Å². The van der Waals surface area contributed by atoms with Crippen molar-refractivity contribution in [1.82, 2.24) is 14.9 Å². The summed E-state index contributed by atoms with van der Waals surface area (Å²) >= 11 is 0. The second kappa shape index (κ2) is 10.8. The molecule has 1 rings (SSSR count). The van der Waals surface area contributed by atoms with Crippen LogP contribution in [0.15, 0.2) is 29.2 Å². The van der Waals surface area contributed by atoms with Crippen LogP contribution in [0.2, 0.25) is 0 Å². The maximum atomic E-state index is 12.4. The Kier molecular flexibility index (Phi) is 9.08. The number of amides is 3. The number of unbranched alkanes of at least 4 members (excludes halogenated alkanes) is 1. The summed E-state index contributed by atoms with van der Waals surface area (Å²) in [6.45, 7) is 4.79. The number of hydrogen-bond acceptors (Lipinski definition) is 5. The lowest BCUT2D eigenvalue weighted by Crippen LogP contribution is -2.42. The van der Waals surface area contributed by atoms with Crippen molar-refractivity contribution < 1.29 is 18.0 Å². The lowest BCUT2D eigenvalue weighted by Gasteiger charge is -2.17.